The number of aromatic nitrogens is 1. The lowest BCUT2D eigenvalue weighted by Crippen LogP contribution is -2.30. The zero-order valence-corrected chi connectivity index (χ0v) is 15.0. The molecule has 0 aliphatic carbocycles. The van der Waals surface area contributed by atoms with E-state index < -0.39 is 0 Å². The highest BCUT2D eigenvalue weighted by Crippen LogP contribution is 2.37. The molecule has 0 fully saturated rings. The Bertz CT molecular complexity index is 914. The van der Waals surface area contributed by atoms with Gasteiger partial charge in [0.2, 0.25) is 0 Å². The molecule has 4 rings (SSSR count). The second kappa shape index (κ2) is 6.45. The molecule has 1 unspecified atom stereocenters. The summed E-state index contributed by atoms with van der Waals surface area (Å²) in [6.07, 6.45) is 2.11. The lowest BCUT2D eigenvalue weighted by atomic mass is 9.93. The number of methoxy groups -OCH3 is 2. The fourth-order valence-corrected chi connectivity index (χ4v) is 3.81. The zero-order chi connectivity index (χ0) is 17.4. The Morgan fingerprint density at radius 3 is 2.64 bits per heavy atom. The highest BCUT2D eigenvalue weighted by Gasteiger charge is 2.26. The summed E-state index contributed by atoms with van der Waals surface area (Å²) in [5.74, 6) is 1.52. The second-order valence-electron chi connectivity index (χ2n) is 6.50. The number of hydrogen-bond donors (Lipinski definition) is 2. The predicted molar refractivity (Wildman–Crippen MR) is 101 cm³/mol. The molecule has 0 spiro atoms. The van der Waals surface area contributed by atoms with E-state index in [2.05, 4.69) is 47.6 Å². The maximum Gasteiger partial charge on any atom is 0.161 e. The molecule has 1 aliphatic heterocycles. The van der Waals surface area contributed by atoms with Gasteiger partial charge in [-0.05, 0) is 53.8 Å². The molecule has 3 aromatic rings. The minimum absolute atomic E-state index is 0.140. The summed E-state index contributed by atoms with van der Waals surface area (Å²) in [7, 11) is 3.34. The van der Waals surface area contributed by atoms with Gasteiger partial charge in [0.05, 0.1) is 20.3 Å². The van der Waals surface area contributed by atoms with Gasteiger partial charge in [0.15, 0.2) is 11.5 Å². The minimum Gasteiger partial charge on any atom is -0.493 e. The molecule has 1 aromatic heterocycles. The topological polar surface area (TPSA) is 46.3 Å². The van der Waals surface area contributed by atoms with Gasteiger partial charge in [-0.15, -0.1) is 0 Å². The lowest BCUT2D eigenvalue weighted by Gasteiger charge is -2.25. The number of H-pyrrole nitrogens is 1. The molecule has 0 bridgehead atoms. The van der Waals surface area contributed by atoms with E-state index in [1.165, 1.54) is 33.3 Å². The number of ether oxygens (including phenoxy) is 2. The number of aryl methyl sites for hydroxylation is 1. The number of rotatable bonds is 4. The molecule has 2 aromatic carbocycles. The molecule has 0 saturated heterocycles. The number of benzene rings is 2. The maximum absolute atomic E-state index is 5.48. The highest BCUT2D eigenvalue weighted by atomic mass is 16.5. The Kier molecular flexibility index (Phi) is 4.14. The summed E-state index contributed by atoms with van der Waals surface area (Å²) < 4.78 is 10.9. The average molecular weight is 336 g/mol. The van der Waals surface area contributed by atoms with Crippen LogP contribution >= 0.6 is 0 Å². The van der Waals surface area contributed by atoms with Crippen LogP contribution in [0.1, 0.15) is 35.3 Å². The smallest absolute Gasteiger partial charge is 0.161 e. The molecular formula is C21H24N2O2. The molecular weight excluding hydrogens is 312 g/mol. The third-order valence-corrected chi connectivity index (χ3v) is 5.16. The standard InChI is InChI=1S/C21H24N2O2/c1-4-13-5-7-17-16(11-13)15-9-10-22-20(21(15)23-17)14-6-8-18(24-2)19(12-14)25-3/h5-8,11-12,20,22-23H,4,9-10H2,1-3H3. The van der Waals surface area contributed by atoms with Crippen LogP contribution in [0.5, 0.6) is 11.5 Å². The normalized spacial score (nSPS) is 16.7. The van der Waals surface area contributed by atoms with Crippen molar-refractivity contribution < 1.29 is 9.47 Å². The fraction of sp³-hybridized carbons (Fsp3) is 0.333. The van der Waals surface area contributed by atoms with E-state index in [1.54, 1.807) is 14.2 Å². The van der Waals surface area contributed by atoms with Gasteiger partial charge in [-0.2, -0.15) is 0 Å². The number of aromatic amines is 1. The van der Waals surface area contributed by atoms with Crippen LogP contribution in [-0.4, -0.2) is 25.7 Å². The average Bonchev–Trinajstić information content (AvgIpc) is 3.05. The molecule has 0 saturated carbocycles. The van der Waals surface area contributed by atoms with E-state index in [-0.39, 0.29) is 6.04 Å². The van der Waals surface area contributed by atoms with Crippen molar-refractivity contribution in [1.29, 1.82) is 0 Å². The van der Waals surface area contributed by atoms with Gasteiger partial charge >= 0.3 is 0 Å². The van der Waals surface area contributed by atoms with Gasteiger partial charge in [0.25, 0.3) is 0 Å². The molecule has 4 nitrogen and oxygen atoms in total. The molecule has 0 radical (unpaired) electrons. The lowest BCUT2D eigenvalue weighted by molar-refractivity contribution is 0.354. The van der Waals surface area contributed by atoms with E-state index in [4.69, 9.17) is 9.47 Å². The Morgan fingerprint density at radius 2 is 1.88 bits per heavy atom. The van der Waals surface area contributed by atoms with Crippen LogP contribution in [-0.2, 0) is 12.8 Å². The van der Waals surface area contributed by atoms with Crippen LogP contribution in [0.15, 0.2) is 36.4 Å². The quantitative estimate of drug-likeness (QED) is 0.757. The van der Waals surface area contributed by atoms with Crippen molar-refractivity contribution in [3.05, 3.63) is 58.8 Å². The molecule has 1 aliphatic rings. The first-order valence-corrected chi connectivity index (χ1v) is 8.83. The first-order chi connectivity index (χ1) is 12.2. The van der Waals surface area contributed by atoms with Gasteiger partial charge in [-0.25, -0.2) is 0 Å². The monoisotopic (exact) mass is 336 g/mol. The van der Waals surface area contributed by atoms with E-state index in [0.29, 0.717) is 0 Å². The maximum atomic E-state index is 5.48. The molecule has 25 heavy (non-hydrogen) atoms. The Morgan fingerprint density at radius 1 is 1.04 bits per heavy atom. The first kappa shape index (κ1) is 16.0. The van der Waals surface area contributed by atoms with Crippen LogP contribution in [0.3, 0.4) is 0 Å². The van der Waals surface area contributed by atoms with Gasteiger partial charge in [0.1, 0.15) is 0 Å². The zero-order valence-electron chi connectivity index (χ0n) is 15.0. The third-order valence-electron chi connectivity index (χ3n) is 5.16. The van der Waals surface area contributed by atoms with E-state index in [0.717, 1.165) is 30.9 Å². The fourth-order valence-electron chi connectivity index (χ4n) is 3.81. The Labute approximate surface area is 148 Å². The van der Waals surface area contributed by atoms with E-state index in [9.17, 15) is 0 Å². The van der Waals surface area contributed by atoms with Crippen molar-refractivity contribution in [2.75, 3.05) is 20.8 Å². The van der Waals surface area contributed by atoms with Crippen molar-refractivity contribution in [3.8, 4) is 11.5 Å². The van der Waals surface area contributed by atoms with Crippen molar-refractivity contribution in [1.82, 2.24) is 10.3 Å². The van der Waals surface area contributed by atoms with Crippen LogP contribution in [0.25, 0.3) is 10.9 Å². The van der Waals surface area contributed by atoms with Crippen molar-refractivity contribution in [3.63, 3.8) is 0 Å². The van der Waals surface area contributed by atoms with Crippen molar-refractivity contribution in [2.24, 2.45) is 0 Å². The van der Waals surface area contributed by atoms with E-state index >= 15 is 0 Å². The van der Waals surface area contributed by atoms with Gasteiger partial charge in [0, 0.05) is 23.1 Å². The largest absolute Gasteiger partial charge is 0.493 e. The number of fused-ring (bicyclic) bond motifs is 3. The SMILES string of the molecule is CCc1ccc2[nH]c3c(c2c1)CCNC3c1ccc(OC)c(OC)c1. The first-order valence-electron chi connectivity index (χ1n) is 8.83. The van der Waals surface area contributed by atoms with Crippen LogP contribution < -0.4 is 14.8 Å². The van der Waals surface area contributed by atoms with Gasteiger partial charge in [-0.1, -0.05) is 19.1 Å². The summed E-state index contributed by atoms with van der Waals surface area (Å²) >= 11 is 0. The summed E-state index contributed by atoms with van der Waals surface area (Å²) in [6, 6.07) is 13.0. The molecule has 2 N–H and O–H groups in total. The number of hydrogen-bond acceptors (Lipinski definition) is 3. The number of nitrogens with one attached hydrogen (secondary N) is 2. The Balaban J connectivity index is 1.82. The highest BCUT2D eigenvalue weighted by molar-refractivity contribution is 5.86. The molecule has 2 heterocycles. The van der Waals surface area contributed by atoms with Crippen LogP contribution in [0.4, 0.5) is 0 Å². The van der Waals surface area contributed by atoms with Crippen molar-refractivity contribution in [2.45, 2.75) is 25.8 Å². The molecule has 1 atom stereocenters. The van der Waals surface area contributed by atoms with Gasteiger partial charge < -0.3 is 19.8 Å². The second-order valence-corrected chi connectivity index (χ2v) is 6.50. The summed E-state index contributed by atoms with van der Waals surface area (Å²) in [6.45, 7) is 3.17. The van der Waals surface area contributed by atoms with Gasteiger partial charge in [-0.3, -0.25) is 0 Å². The summed E-state index contributed by atoms with van der Waals surface area (Å²) in [5, 5.41) is 5.00. The molecule has 130 valence electrons. The summed E-state index contributed by atoms with van der Waals surface area (Å²) in [5.41, 5.74) is 6.48. The third kappa shape index (κ3) is 2.67. The molecule has 0 amide bonds. The van der Waals surface area contributed by atoms with Crippen LogP contribution in [0, 0.1) is 0 Å². The Hall–Kier alpha value is -2.46. The predicted octanol–water partition coefficient (Wildman–Crippen LogP) is 3.98. The van der Waals surface area contributed by atoms with E-state index in [1.807, 2.05) is 6.07 Å². The van der Waals surface area contributed by atoms with Crippen LogP contribution in [0.2, 0.25) is 0 Å². The minimum atomic E-state index is 0.140. The van der Waals surface area contributed by atoms with Crippen molar-refractivity contribution >= 4 is 10.9 Å². The summed E-state index contributed by atoms with van der Waals surface area (Å²) in [4.78, 5) is 3.65. The molecule has 4 heteroatoms.